The summed E-state index contributed by atoms with van der Waals surface area (Å²) in [7, 11) is 1.28. The lowest BCUT2D eigenvalue weighted by molar-refractivity contribution is -0.256. The van der Waals surface area contributed by atoms with Crippen molar-refractivity contribution in [3.63, 3.8) is 0 Å². The molecule has 21 heavy (non-hydrogen) atoms. The molecule has 0 radical (unpaired) electrons. The molecule has 0 amide bonds. The molecule has 0 heterocycles. The summed E-state index contributed by atoms with van der Waals surface area (Å²) in [6.07, 6.45) is 0. The average molecular weight is 284 g/mol. The van der Waals surface area contributed by atoms with Crippen molar-refractivity contribution >= 4 is 11.8 Å². The van der Waals surface area contributed by atoms with Crippen LogP contribution in [0.1, 0.15) is 34.3 Å². The van der Waals surface area contributed by atoms with Gasteiger partial charge in [-0.15, -0.1) is 0 Å². The molecule has 0 aliphatic heterocycles. The van der Waals surface area contributed by atoms with Crippen LogP contribution in [-0.2, 0) is 14.6 Å². The first kappa shape index (κ1) is 14.9. The smallest absolute Gasteiger partial charge is 0.298 e. The number of hydrogen-bond acceptors (Lipinski definition) is 4. The lowest BCUT2D eigenvalue weighted by Gasteiger charge is -2.10. The van der Waals surface area contributed by atoms with Gasteiger partial charge < -0.3 is 0 Å². The van der Waals surface area contributed by atoms with Crippen LogP contribution in [0.15, 0.2) is 54.6 Å². The average Bonchev–Trinajstić information content (AvgIpc) is 2.54. The molecule has 2 aromatic carbocycles. The minimum absolute atomic E-state index is 0.0789. The second-order valence-corrected chi connectivity index (χ2v) is 4.61. The van der Waals surface area contributed by atoms with Gasteiger partial charge in [0.15, 0.2) is 5.78 Å². The summed E-state index contributed by atoms with van der Waals surface area (Å²) in [6, 6.07) is 16.0. The van der Waals surface area contributed by atoms with E-state index in [1.54, 1.807) is 43.3 Å². The molecular weight excluding hydrogens is 268 g/mol. The molecule has 0 aliphatic carbocycles. The zero-order chi connectivity index (χ0) is 15.2. The third-order valence-corrected chi connectivity index (χ3v) is 3.20. The molecule has 1 atom stereocenters. The maximum Gasteiger partial charge on any atom is 0.349 e. The molecular formula is C17H16O4. The van der Waals surface area contributed by atoms with Gasteiger partial charge in [-0.1, -0.05) is 48.5 Å². The number of carbonyl (C=O) groups excluding carboxylic acids is 2. The van der Waals surface area contributed by atoms with Crippen LogP contribution >= 0.6 is 0 Å². The first-order chi connectivity index (χ1) is 10.1. The van der Waals surface area contributed by atoms with E-state index < -0.39 is 11.9 Å². The monoisotopic (exact) mass is 284 g/mol. The quantitative estimate of drug-likeness (QED) is 0.481. The highest BCUT2D eigenvalue weighted by Crippen LogP contribution is 2.20. The van der Waals surface area contributed by atoms with Crippen molar-refractivity contribution < 1.29 is 19.4 Å². The van der Waals surface area contributed by atoms with Gasteiger partial charge in [-0.3, -0.25) is 9.68 Å². The predicted octanol–water partition coefficient (Wildman–Crippen LogP) is 3.13. The van der Waals surface area contributed by atoms with Gasteiger partial charge in [0, 0.05) is 11.1 Å². The van der Waals surface area contributed by atoms with Crippen molar-refractivity contribution in [2.24, 2.45) is 0 Å². The zero-order valence-electron chi connectivity index (χ0n) is 11.9. The summed E-state index contributed by atoms with van der Waals surface area (Å²) < 4.78 is 0. The molecule has 0 aromatic heterocycles. The standard InChI is InChI=1S/C17H16O4/c1-12(17(19)21-20-2)14-9-6-10-15(11-14)16(18)13-7-4-3-5-8-13/h3-12H,1-2H3. The highest BCUT2D eigenvalue weighted by molar-refractivity contribution is 6.09. The van der Waals surface area contributed by atoms with Crippen molar-refractivity contribution in [3.8, 4) is 0 Å². The van der Waals surface area contributed by atoms with E-state index in [-0.39, 0.29) is 5.78 Å². The van der Waals surface area contributed by atoms with Crippen LogP contribution in [0.5, 0.6) is 0 Å². The molecule has 0 spiro atoms. The summed E-state index contributed by atoms with van der Waals surface area (Å²) in [5, 5.41) is 0. The molecule has 0 aliphatic rings. The van der Waals surface area contributed by atoms with Crippen molar-refractivity contribution in [1.29, 1.82) is 0 Å². The van der Waals surface area contributed by atoms with E-state index in [9.17, 15) is 9.59 Å². The van der Waals surface area contributed by atoms with Crippen LogP contribution in [0.3, 0.4) is 0 Å². The maximum atomic E-state index is 12.4. The molecule has 0 N–H and O–H groups in total. The van der Waals surface area contributed by atoms with Crippen LogP contribution in [0.4, 0.5) is 0 Å². The molecule has 0 bridgehead atoms. The minimum atomic E-state index is -0.506. The lowest BCUT2D eigenvalue weighted by atomic mass is 9.96. The highest BCUT2D eigenvalue weighted by Gasteiger charge is 2.19. The molecule has 2 aromatic rings. The fraction of sp³-hybridized carbons (Fsp3) is 0.176. The van der Waals surface area contributed by atoms with E-state index in [4.69, 9.17) is 0 Å². The Labute approximate surface area is 123 Å². The Morgan fingerprint density at radius 3 is 2.29 bits per heavy atom. The number of rotatable bonds is 5. The number of ketones is 1. The van der Waals surface area contributed by atoms with Crippen LogP contribution in [0.2, 0.25) is 0 Å². The van der Waals surface area contributed by atoms with Crippen LogP contribution in [0.25, 0.3) is 0 Å². The predicted molar refractivity (Wildman–Crippen MR) is 77.8 cm³/mol. The molecule has 0 saturated carbocycles. The Kier molecular flexibility index (Phi) is 4.85. The van der Waals surface area contributed by atoms with Crippen LogP contribution < -0.4 is 0 Å². The van der Waals surface area contributed by atoms with E-state index in [1.165, 1.54) is 7.11 Å². The summed E-state index contributed by atoms with van der Waals surface area (Å²) in [6.45, 7) is 1.70. The van der Waals surface area contributed by atoms with E-state index in [2.05, 4.69) is 9.78 Å². The topological polar surface area (TPSA) is 52.6 Å². The zero-order valence-corrected chi connectivity index (χ0v) is 11.9. The molecule has 0 fully saturated rings. The van der Waals surface area contributed by atoms with Gasteiger partial charge >= 0.3 is 5.97 Å². The largest absolute Gasteiger partial charge is 0.349 e. The Bertz CT molecular complexity index is 634. The first-order valence-corrected chi connectivity index (χ1v) is 6.57. The normalized spacial score (nSPS) is 11.7. The van der Waals surface area contributed by atoms with Crippen molar-refractivity contribution in [3.05, 3.63) is 71.3 Å². The number of benzene rings is 2. The first-order valence-electron chi connectivity index (χ1n) is 6.57. The summed E-state index contributed by atoms with van der Waals surface area (Å²) >= 11 is 0. The lowest BCUT2D eigenvalue weighted by Crippen LogP contribution is -2.13. The maximum absolute atomic E-state index is 12.4. The fourth-order valence-electron chi connectivity index (χ4n) is 2.00. The van der Waals surface area contributed by atoms with Gasteiger partial charge in [-0.05, 0) is 18.6 Å². The van der Waals surface area contributed by atoms with Gasteiger partial charge in [0.1, 0.15) is 0 Å². The minimum Gasteiger partial charge on any atom is -0.298 e. The van der Waals surface area contributed by atoms with Crippen molar-refractivity contribution in [2.45, 2.75) is 12.8 Å². The van der Waals surface area contributed by atoms with Gasteiger partial charge in [0.05, 0.1) is 13.0 Å². The Hall–Kier alpha value is -2.46. The van der Waals surface area contributed by atoms with Gasteiger partial charge in [-0.2, -0.15) is 4.89 Å². The van der Waals surface area contributed by atoms with E-state index in [0.29, 0.717) is 16.7 Å². The SMILES string of the molecule is COOC(=O)C(C)c1cccc(C(=O)c2ccccc2)c1. The van der Waals surface area contributed by atoms with E-state index in [0.717, 1.165) is 0 Å². The van der Waals surface area contributed by atoms with Crippen molar-refractivity contribution in [2.75, 3.05) is 7.11 Å². The van der Waals surface area contributed by atoms with Gasteiger partial charge in [0.2, 0.25) is 0 Å². The van der Waals surface area contributed by atoms with Crippen LogP contribution in [-0.4, -0.2) is 18.9 Å². The van der Waals surface area contributed by atoms with Crippen LogP contribution in [0, 0.1) is 0 Å². The third kappa shape index (κ3) is 3.55. The molecule has 2 rings (SSSR count). The third-order valence-electron chi connectivity index (χ3n) is 3.20. The summed E-state index contributed by atoms with van der Waals surface area (Å²) in [5.74, 6) is -1.08. The molecule has 108 valence electrons. The van der Waals surface area contributed by atoms with E-state index in [1.807, 2.05) is 18.2 Å². The van der Waals surface area contributed by atoms with Gasteiger partial charge in [0.25, 0.3) is 0 Å². The molecule has 0 saturated heterocycles. The highest BCUT2D eigenvalue weighted by atomic mass is 17.2. The Morgan fingerprint density at radius 2 is 1.62 bits per heavy atom. The summed E-state index contributed by atoms with van der Waals surface area (Å²) in [4.78, 5) is 32.9. The van der Waals surface area contributed by atoms with Crippen molar-refractivity contribution in [1.82, 2.24) is 0 Å². The number of carbonyl (C=O) groups is 2. The Balaban J connectivity index is 2.26. The summed E-state index contributed by atoms with van der Waals surface area (Å²) in [5.41, 5.74) is 1.86. The second-order valence-electron chi connectivity index (χ2n) is 4.61. The fourth-order valence-corrected chi connectivity index (χ4v) is 2.00. The second kappa shape index (κ2) is 6.81. The van der Waals surface area contributed by atoms with E-state index >= 15 is 0 Å². The molecule has 4 heteroatoms. The molecule has 4 nitrogen and oxygen atoms in total. The molecule has 1 unspecified atom stereocenters. The Morgan fingerprint density at radius 1 is 0.952 bits per heavy atom. The number of hydrogen-bond donors (Lipinski definition) is 0. The van der Waals surface area contributed by atoms with Gasteiger partial charge in [-0.25, -0.2) is 4.79 Å².